The SMILES string of the molecule is CCNC(=O)CNC(=O)c1cc2ccccc2cc1OC. The molecule has 0 saturated heterocycles. The third-order valence-electron chi connectivity index (χ3n) is 3.10. The van der Waals surface area contributed by atoms with Gasteiger partial charge in [0, 0.05) is 6.54 Å². The third kappa shape index (κ3) is 3.51. The van der Waals surface area contributed by atoms with Crippen molar-refractivity contribution in [2.75, 3.05) is 20.2 Å². The molecule has 110 valence electrons. The second-order valence-electron chi connectivity index (χ2n) is 4.54. The first kappa shape index (κ1) is 14.8. The lowest BCUT2D eigenvalue weighted by Gasteiger charge is -2.11. The van der Waals surface area contributed by atoms with Crippen molar-refractivity contribution >= 4 is 22.6 Å². The van der Waals surface area contributed by atoms with Crippen molar-refractivity contribution in [3.63, 3.8) is 0 Å². The first-order valence-corrected chi connectivity index (χ1v) is 6.77. The van der Waals surface area contributed by atoms with Crippen LogP contribution in [0.15, 0.2) is 36.4 Å². The molecule has 0 fully saturated rings. The van der Waals surface area contributed by atoms with Crippen molar-refractivity contribution in [3.05, 3.63) is 42.0 Å². The zero-order chi connectivity index (χ0) is 15.2. The molecular formula is C16H18N2O3. The lowest BCUT2D eigenvalue weighted by Crippen LogP contribution is -2.36. The Labute approximate surface area is 123 Å². The topological polar surface area (TPSA) is 67.4 Å². The smallest absolute Gasteiger partial charge is 0.255 e. The number of likely N-dealkylation sites (N-methyl/N-ethyl adjacent to an activating group) is 1. The number of ether oxygens (including phenoxy) is 1. The van der Waals surface area contributed by atoms with E-state index >= 15 is 0 Å². The molecule has 5 nitrogen and oxygen atoms in total. The van der Waals surface area contributed by atoms with Gasteiger partial charge in [0.2, 0.25) is 5.91 Å². The number of hydrogen-bond donors (Lipinski definition) is 2. The summed E-state index contributed by atoms with van der Waals surface area (Å²) in [7, 11) is 1.52. The molecule has 0 atom stereocenters. The highest BCUT2D eigenvalue weighted by molar-refractivity contribution is 6.02. The van der Waals surface area contributed by atoms with Gasteiger partial charge in [-0.25, -0.2) is 0 Å². The van der Waals surface area contributed by atoms with Gasteiger partial charge in [-0.2, -0.15) is 0 Å². The van der Waals surface area contributed by atoms with E-state index in [2.05, 4.69) is 10.6 Å². The number of nitrogens with one attached hydrogen (secondary N) is 2. The molecule has 2 aromatic carbocycles. The summed E-state index contributed by atoms with van der Waals surface area (Å²) in [4.78, 5) is 23.6. The minimum Gasteiger partial charge on any atom is -0.496 e. The fourth-order valence-electron chi connectivity index (χ4n) is 2.08. The molecule has 2 aromatic rings. The van der Waals surface area contributed by atoms with Crippen LogP contribution in [0.4, 0.5) is 0 Å². The Hall–Kier alpha value is -2.56. The molecule has 21 heavy (non-hydrogen) atoms. The molecule has 0 heterocycles. The second-order valence-corrected chi connectivity index (χ2v) is 4.54. The minimum absolute atomic E-state index is 0.0529. The van der Waals surface area contributed by atoms with Gasteiger partial charge >= 0.3 is 0 Å². The molecule has 0 bridgehead atoms. The zero-order valence-corrected chi connectivity index (χ0v) is 12.1. The van der Waals surface area contributed by atoms with Crippen molar-refractivity contribution in [2.24, 2.45) is 0 Å². The molecule has 0 aliphatic heterocycles. The maximum absolute atomic E-state index is 12.2. The van der Waals surface area contributed by atoms with Gasteiger partial charge in [-0.15, -0.1) is 0 Å². The monoisotopic (exact) mass is 286 g/mol. The zero-order valence-electron chi connectivity index (χ0n) is 12.1. The summed E-state index contributed by atoms with van der Waals surface area (Å²) in [5.74, 6) is -0.0587. The first-order valence-electron chi connectivity index (χ1n) is 6.77. The number of benzene rings is 2. The largest absolute Gasteiger partial charge is 0.496 e. The van der Waals surface area contributed by atoms with Crippen LogP contribution < -0.4 is 15.4 Å². The molecule has 0 aliphatic carbocycles. The Morgan fingerprint density at radius 3 is 2.38 bits per heavy atom. The van der Waals surface area contributed by atoms with Crippen LogP contribution in [0.1, 0.15) is 17.3 Å². The highest BCUT2D eigenvalue weighted by Crippen LogP contribution is 2.25. The van der Waals surface area contributed by atoms with Gasteiger partial charge in [-0.3, -0.25) is 9.59 Å². The summed E-state index contributed by atoms with van der Waals surface area (Å²) < 4.78 is 5.27. The fourth-order valence-corrected chi connectivity index (χ4v) is 2.08. The summed E-state index contributed by atoms with van der Waals surface area (Å²) in [5.41, 5.74) is 0.417. The maximum Gasteiger partial charge on any atom is 0.255 e. The predicted octanol–water partition coefficient (Wildman–Crippen LogP) is 1.71. The molecule has 2 N–H and O–H groups in total. The molecule has 0 unspecified atom stereocenters. The van der Waals surface area contributed by atoms with Gasteiger partial charge < -0.3 is 15.4 Å². The van der Waals surface area contributed by atoms with E-state index in [4.69, 9.17) is 4.74 Å². The average molecular weight is 286 g/mol. The molecule has 2 amide bonds. The number of rotatable bonds is 5. The van der Waals surface area contributed by atoms with Gasteiger partial charge in [0.25, 0.3) is 5.91 Å². The number of carbonyl (C=O) groups is 2. The Morgan fingerprint density at radius 2 is 1.76 bits per heavy atom. The van der Waals surface area contributed by atoms with Gasteiger partial charge in [0.1, 0.15) is 5.75 Å². The number of methoxy groups -OCH3 is 1. The highest BCUT2D eigenvalue weighted by atomic mass is 16.5. The van der Waals surface area contributed by atoms with Crippen molar-refractivity contribution in [1.29, 1.82) is 0 Å². The Morgan fingerprint density at radius 1 is 1.10 bits per heavy atom. The Balaban J connectivity index is 2.23. The predicted molar refractivity (Wildman–Crippen MR) is 81.5 cm³/mol. The van der Waals surface area contributed by atoms with Gasteiger partial charge in [0.05, 0.1) is 19.2 Å². The Kier molecular flexibility index (Phi) is 4.77. The van der Waals surface area contributed by atoms with Crippen LogP contribution >= 0.6 is 0 Å². The van der Waals surface area contributed by atoms with E-state index in [1.807, 2.05) is 37.3 Å². The van der Waals surface area contributed by atoms with Crippen molar-refractivity contribution < 1.29 is 14.3 Å². The van der Waals surface area contributed by atoms with Gasteiger partial charge in [0.15, 0.2) is 0 Å². The highest BCUT2D eigenvalue weighted by Gasteiger charge is 2.14. The van der Waals surface area contributed by atoms with Crippen molar-refractivity contribution in [1.82, 2.24) is 10.6 Å². The molecule has 0 aromatic heterocycles. The quantitative estimate of drug-likeness (QED) is 0.879. The van der Waals surface area contributed by atoms with Crippen molar-refractivity contribution in [2.45, 2.75) is 6.92 Å². The lowest BCUT2D eigenvalue weighted by molar-refractivity contribution is -0.120. The third-order valence-corrected chi connectivity index (χ3v) is 3.10. The molecule has 5 heteroatoms. The molecule has 0 radical (unpaired) electrons. The van der Waals surface area contributed by atoms with Gasteiger partial charge in [-0.05, 0) is 29.8 Å². The second kappa shape index (κ2) is 6.74. The Bertz CT molecular complexity index is 668. The molecule has 0 aliphatic rings. The minimum atomic E-state index is -0.330. The standard InChI is InChI=1S/C16H18N2O3/c1-3-17-15(19)10-18-16(20)13-8-11-6-4-5-7-12(11)9-14(13)21-2/h4-9H,3,10H2,1-2H3,(H,17,19)(H,18,20). The summed E-state index contributed by atoms with van der Waals surface area (Å²) in [6, 6.07) is 11.3. The maximum atomic E-state index is 12.2. The average Bonchev–Trinajstić information content (AvgIpc) is 2.51. The van der Waals surface area contributed by atoms with E-state index in [1.165, 1.54) is 7.11 Å². The van der Waals surface area contributed by atoms with Crippen molar-refractivity contribution in [3.8, 4) is 5.75 Å². The van der Waals surface area contributed by atoms with Crippen LogP contribution in [0.3, 0.4) is 0 Å². The lowest BCUT2D eigenvalue weighted by atomic mass is 10.1. The van der Waals surface area contributed by atoms with Crippen LogP contribution in [0.25, 0.3) is 10.8 Å². The van der Waals surface area contributed by atoms with Crippen LogP contribution in [-0.2, 0) is 4.79 Å². The van der Waals surface area contributed by atoms with E-state index in [1.54, 1.807) is 6.07 Å². The number of amides is 2. The van der Waals surface area contributed by atoms with E-state index in [-0.39, 0.29) is 18.4 Å². The van der Waals surface area contributed by atoms with Crippen LogP contribution in [-0.4, -0.2) is 32.0 Å². The summed E-state index contributed by atoms with van der Waals surface area (Å²) in [6.45, 7) is 2.31. The van der Waals surface area contributed by atoms with E-state index in [9.17, 15) is 9.59 Å². The van der Waals surface area contributed by atoms with Crippen LogP contribution in [0, 0.1) is 0 Å². The van der Waals surface area contributed by atoms with E-state index in [0.29, 0.717) is 17.9 Å². The summed E-state index contributed by atoms with van der Waals surface area (Å²) in [5, 5.41) is 7.16. The normalized spacial score (nSPS) is 10.2. The number of fused-ring (bicyclic) bond motifs is 1. The summed E-state index contributed by atoms with van der Waals surface area (Å²) in [6.07, 6.45) is 0. The fraction of sp³-hybridized carbons (Fsp3) is 0.250. The number of hydrogen-bond acceptors (Lipinski definition) is 3. The molecule has 0 saturated carbocycles. The number of carbonyl (C=O) groups excluding carboxylic acids is 2. The van der Waals surface area contributed by atoms with Crippen LogP contribution in [0.2, 0.25) is 0 Å². The van der Waals surface area contributed by atoms with E-state index in [0.717, 1.165) is 10.8 Å². The summed E-state index contributed by atoms with van der Waals surface area (Å²) >= 11 is 0. The molecule has 0 spiro atoms. The molecular weight excluding hydrogens is 268 g/mol. The first-order chi connectivity index (χ1) is 10.2. The van der Waals surface area contributed by atoms with Crippen LogP contribution in [0.5, 0.6) is 5.75 Å². The molecule has 2 rings (SSSR count). The van der Waals surface area contributed by atoms with Gasteiger partial charge in [-0.1, -0.05) is 24.3 Å². The van der Waals surface area contributed by atoms with E-state index < -0.39 is 0 Å².